The number of carbonyl (C=O) groups excluding carboxylic acids is 1. The molecular weight excluding hydrogens is 234 g/mol. The molecule has 0 aliphatic carbocycles. The van der Waals surface area contributed by atoms with E-state index >= 15 is 0 Å². The number of nitrogens with zero attached hydrogens (tertiary/aromatic N) is 1. The Morgan fingerprint density at radius 2 is 1.74 bits per heavy atom. The minimum Gasteiger partial charge on any atom is -0.298 e. The fraction of sp³-hybridized carbons (Fsp3) is 0.588. The number of hydrogen-bond acceptors (Lipinski definition) is 2. The van der Waals surface area contributed by atoms with Gasteiger partial charge in [0, 0.05) is 13.0 Å². The first-order valence-electron chi connectivity index (χ1n) is 7.47. The second kappa shape index (κ2) is 8.87. The molecule has 0 bridgehead atoms. The number of rotatable bonds is 9. The quantitative estimate of drug-likeness (QED) is 0.677. The fourth-order valence-electron chi connectivity index (χ4n) is 2.35. The van der Waals surface area contributed by atoms with Gasteiger partial charge in [0.1, 0.15) is 0 Å². The Morgan fingerprint density at radius 1 is 1.11 bits per heavy atom. The first-order valence-corrected chi connectivity index (χ1v) is 7.47. The number of hydrogen-bond donors (Lipinski definition) is 0. The number of carbonyl (C=O) groups is 1. The van der Waals surface area contributed by atoms with Gasteiger partial charge < -0.3 is 0 Å². The molecule has 0 heterocycles. The minimum atomic E-state index is 0.319. The van der Waals surface area contributed by atoms with E-state index in [1.807, 2.05) is 30.3 Å². The van der Waals surface area contributed by atoms with Crippen LogP contribution in [-0.4, -0.2) is 30.3 Å². The van der Waals surface area contributed by atoms with Crippen LogP contribution in [0.25, 0.3) is 0 Å². The van der Waals surface area contributed by atoms with Crippen molar-refractivity contribution in [2.45, 2.75) is 40.0 Å². The average Bonchev–Trinajstić information content (AvgIpc) is 2.44. The predicted molar refractivity (Wildman–Crippen MR) is 81.3 cm³/mol. The summed E-state index contributed by atoms with van der Waals surface area (Å²) in [5, 5.41) is 0. The zero-order chi connectivity index (χ0) is 14.1. The molecule has 19 heavy (non-hydrogen) atoms. The summed E-state index contributed by atoms with van der Waals surface area (Å²) < 4.78 is 0. The molecule has 106 valence electrons. The standard InChI is InChI=1S/C17H27NO/c1-4-15(5-2)13-18(6-3)14-17(19)12-16-10-8-7-9-11-16/h7-11,15H,4-6,12-14H2,1-3H3. The highest BCUT2D eigenvalue weighted by Gasteiger charge is 2.13. The third kappa shape index (κ3) is 6.02. The maximum Gasteiger partial charge on any atom is 0.151 e. The van der Waals surface area contributed by atoms with Crippen molar-refractivity contribution < 1.29 is 4.79 Å². The molecule has 1 aromatic rings. The van der Waals surface area contributed by atoms with Crippen molar-refractivity contribution in [1.29, 1.82) is 0 Å². The van der Waals surface area contributed by atoms with Gasteiger partial charge in [-0.25, -0.2) is 0 Å². The van der Waals surface area contributed by atoms with Crippen LogP contribution in [0.15, 0.2) is 30.3 Å². The third-order valence-electron chi connectivity index (χ3n) is 3.76. The largest absolute Gasteiger partial charge is 0.298 e. The van der Waals surface area contributed by atoms with Crippen molar-refractivity contribution in [2.75, 3.05) is 19.6 Å². The summed E-state index contributed by atoms with van der Waals surface area (Å²) in [6, 6.07) is 10.0. The molecule has 0 radical (unpaired) electrons. The van der Waals surface area contributed by atoms with Crippen LogP contribution in [0.3, 0.4) is 0 Å². The Balaban J connectivity index is 2.44. The van der Waals surface area contributed by atoms with E-state index in [0.29, 0.717) is 24.7 Å². The van der Waals surface area contributed by atoms with E-state index in [1.165, 1.54) is 12.8 Å². The van der Waals surface area contributed by atoms with Crippen LogP contribution in [0.2, 0.25) is 0 Å². The van der Waals surface area contributed by atoms with Crippen LogP contribution in [0.5, 0.6) is 0 Å². The molecule has 0 fully saturated rings. The van der Waals surface area contributed by atoms with Gasteiger partial charge in [-0.3, -0.25) is 9.69 Å². The van der Waals surface area contributed by atoms with Crippen molar-refractivity contribution in [3.63, 3.8) is 0 Å². The van der Waals surface area contributed by atoms with Gasteiger partial charge in [0.25, 0.3) is 0 Å². The molecule has 0 saturated heterocycles. The van der Waals surface area contributed by atoms with E-state index in [1.54, 1.807) is 0 Å². The lowest BCUT2D eigenvalue weighted by molar-refractivity contribution is -0.119. The van der Waals surface area contributed by atoms with Crippen LogP contribution in [0.1, 0.15) is 39.2 Å². The molecule has 1 aromatic carbocycles. The molecule has 2 nitrogen and oxygen atoms in total. The van der Waals surface area contributed by atoms with E-state index in [2.05, 4.69) is 25.7 Å². The van der Waals surface area contributed by atoms with E-state index in [4.69, 9.17) is 0 Å². The highest BCUT2D eigenvalue weighted by atomic mass is 16.1. The molecule has 0 atom stereocenters. The smallest absolute Gasteiger partial charge is 0.151 e. The molecule has 1 rings (SSSR count). The van der Waals surface area contributed by atoms with Gasteiger partial charge in [-0.15, -0.1) is 0 Å². The van der Waals surface area contributed by atoms with Gasteiger partial charge in [-0.2, -0.15) is 0 Å². The van der Waals surface area contributed by atoms with Crippen LogP contribution in [0.4, 0.5) is 0 Å². The first-order chi connectivity index (χ1) is 9.19. The Kier molecular flexibility index (Phi) is 7.42. The Labute approximate surface area is 117 Å². The maximum absolute atomic E-state index is 12.1. The van der Waals surface area contributed by atoms with Gasteiger partial charge in [-0.1, -0.05) is 63.9 Å². The van der Waals surface area contributed by atoms with Crippen molar-refractivity contribution >= 4 is 5.78 Å². The lowest BCUT2D eigenvalue weighted by atomic mass is 10.0. The third-order valence-corrected chi connectivity index (χ3v) is 3.76. The molecule has 0 amide bonds. The van der Waals surface area contributed by atoms with Crippen molar-refractivity contribution in [2.24, 2.45) is 5.92 Å². The van der Waals surface area contributed by atoms with Crippen LogP contribution >= 0.6 is 0 Å². The average molecular weight is 261 g/mol. The Morgan fingerprint density at radius 3 is 2.26 bits per heavy atom. The van der Waals surface area contributed by atoms with Gasteiger partial charge in [-0.05, 0) is 18.0 Å². The topological polar surface area (TPSA) is 20.3 Å². The summed E-state index contributed by atoms with van der Waals surface area (Å²) in [7, 11) is 0. The zero-order valence-corrected chi connectivity index (χ0v) is 12.6. The van der Waals surface area contributed by atoms with Crippen LogP contribution in [0, 0.1) is 5.92 Å². The van der Waals surface area contributed by atoms with Crippen molar-refractivity contribution in [3.8, 4) is 0 Å². The highest BCUT2D eigenvalue weighted by molar-refractivity contribution is 5.82. The van der Waals surface area contributed by atoms with Gasteiger partial charge in [0.2, 0.25) is 0 Å². The van der Waals surface area contributed by atoms with E-state index in [9.17, 15) is 4.79 Å². The molecular formula is C17H27NO. The first kappa shape index (κ1) is 15.9. The Bertz CT molecular complexity index is 357. The monoisotopic (exact) mass is 261 g/mol. The number of ketones is 1. The predicted octanol–water partition coefficient (Wildman–Crippen LogP) is 3.56. The number of Topliss-reactive ketones (excluding diaryl/α,β-unsaturated/α-hetero) is 1. The molecule has 2 heteroatoms. The number of likely N-dealkylation sites (N-methyl/N-ethyl adjacent to an activating group) is 1. The lowest BCUT2D eigenvalue weighted by Gasteiger charge is -2.24. The summed E-state index contributed by atoms with van der Waals surface area (Å²) in [4.78, 5) is 14.4. The zero-order valence-electron chi connectivity index (χ0n) is 12.6. The van der Waals surface area contributed by atoms with E-state index in [0.717, 1.165) is 18.7 Å². The summed E-state index contributed by atoms with van der Waals surface area (Å²) in [5.74, 6) is 1.03. The van der Waals surface area contributed by atoms with E-state index in [-0.39, 0.29) is 0 Å². The lowest BCUT2D eigenvalue weighted by Crippen LogP contribution is -2.34. The molecule has 0 N–H and O–H groups in total. The number of benzene rings is 1. The molecule has 0 spiro atoms. The summed E-state index contributed by atoms with van der Waals surface area (Å²) in [6.45, 7) is 9.18. The Hall–Kier alpha value is -1.15. The molecule has 0 saturated carbocycles. The van der Waals surface area contributed by atoms with Crippen LogP contribution in [-0.2, 0) is 11.2 Å². The summed E-state index contributed by atoms with van der Waals surface area (Å²) in [5.41, 5.74) is 1.12. The minimum absolute atomic E-state index is 0.319. The molecule has 0 aliphatic rings. The van der Waals surface area contributed by atoms with E-state index < -0.39 is 0 Å². The SMILES string of the molecule is CCC(CC)CN(CC)CC(=O)Cc1ccccc1. The highest BCUT2D eigenvalue weighted by Crippen LogP contribution is 2.10. The van der Waals surface area contributed by atoms with Crippen molar-refractivity contribution in [1.82, 2.24) is 4.90 Å². The summed E-state index contributed by atoms with van der Waals surface area (Å²) in [6.07, 6.45) is 2.94. The fourth-order valence-corrected chi connectivity index (χ4v) is 2.35. The van der Waals surface area contributed by atoms with Gasteiger partial charge >= 0.3 is 0 Å². The molecule has 0 aliphatic heterocycles. The molecule has 0 aromatic heterocycles. The van der Waals surface area contributed by atoms with Gasteiger partial charge in [0.05, 0.1) is 6.54 Å². The summed E-state index contributed by atoms with van der Waals surface area (Å²) >= 11 is 0. The van der Waals surface area contributed by atoms with Gasteiger partial charge in [0.15, 0.2) is 5.78 Å². The van der Waals surface area contributed by atoms with Crippen molar-refractivity contribution in [3.05, 3.63) is 35.9 Å². The second-order valence-corrected chi connectivity index (χ2v) is 5.21. The van der Waals surface area contributed by atoms with Crippen LogP contribution < -0.4 is 0 Å². The molecule has 0 unspecified atom stereocenters. The normalized spacial score (nSPS) is 11.2. The maximum atomic E-state index is 12.1. The second-order valence-electron chi connectivity index (χ2n) is 5.21.